The van der Waals surface area contributed by atoms with Gasteiger partial charge in [0.25, 0.3) is 17.7 Å². The molecule has 13 heteroatoms. The van der Waals surface area contributed by atoms with Crippen LogP contribution in [0.4, 0.5) is 5.69 Å². The number of ether oxygens (including phenoxy) is 1. The molecule has 2 fully saturated rings. The van der Waals surface area contributed by atoms with Crippen molar-refractivity contribution in [3.8, 4) is 0 Å². The van der Waals surface area contributed by atoms with E-state index in [-0.39, 0.29) is 22.4 Å². The third-order valence-corrected chi connectivity index (χ3v) is 7.05. The van der Waals surface area contributed by atoms with E-state index >= 15 is 0 Å². The second-order valence-corrected chi connectivity index (χ2v) is 9.55. The van der Waals surface area contributed by atoms with Gasteiger partial charge < -0.3 is 30.8 Å². The van der Waals surface area contributed by atoms with Gasteiger partial charge in [-0.15, -0.1) is 0 Å². The molecule has 2 aromatic heterocycles. The van der Waals surface area contributed by atoms with Crippen LogP contribution in [-0.2, 0) is 9.53 Å². The third-order valence-electron chi connectivity index (χ3n) is 6.20. The minimum absolute atomic E-state index is 0.0398. The fourth-order valence-corrected chi connectivity index (χ4v) is 4.97. The van der Waals surface area contributed by atoms with Gasteiger partial charge in [0, 0.05) is 39.3 Å². The Kier molecular flexibility index (Phi) is 7.69. The zero-order valence-electron chi connectivity index (χ0n) is 19.9. The van der Waals surface area contributed by atoms with Gasteiger partial charge in [-0.25, -0.2) is 10.0 Å². The first-order valence-electron chi connectivity index (χ1n) is 11.5. The second-order valence-electron chi connectivity index (χ2n) is 8.78. The van der Waals surface area contributed by atoms with Crippen molar-refractivity contribution in [2.24, 2.45) is 5.73 Å². The molecule has 2 aromatic rings. The smallest absolute Gasteiger partial charge is 0.283 e. The predicted molar refractivity (Wildman–Crippen MR) is 128 cm³/mol. The summed E-state index contributed by atoms with van der Waals surface area (Å²) in [4.78, 5) is 41.4. The van der Waals surface area contributed by atoms with Gasteiger partial charge in [0.2, 0.25) is 0 Å². The molecule has 0 aromatic carbocycles. The number of piperazine rings is 1. The summed E-state index contributed by atoms with van der Waals surface area (Å²) >= 11 is 0.782. The fraction of sp³-hybridized carbons (Fsp3) is 0.545. The number of rotatable bonds is 8. The average Bonchev–Trinajstić information content (AvgIpc) is 3.57. The number of nitrogens with two attached hydrogens (primary N) is 2. The van der Waals surface area contributed by atoms with E-state index in [1.165, 1.54) is 5.01 Å². The van der Waals surface area contributed by atoms with Crippen molar-refractivity contribution in [1.29, 1.82) is 0 Å². The number of aryl methyl sites for hydroxylation is 1. The highest BCUT2D eigenvalue weighted by Crippen LogP contribution is 2.31. The normalized spacial score (nSPS) is 20.0. The molecule has 0 aliphatic carbocycles. The molecule has 0 spiro atoms. The van der Waals surface area contributed by atoms with Gasteiger partial charge in [0.05, 0.1) is 11.8 Å². The Bertz CT molecular complexity index is 1070. The van der Waals surface area contributed by atoms with Crippen LogP contribution in [0.2, 0.25) is 0 Å². The van der Waals surface area contributed by atoms with Crippen molar-refractivity contribution >= 4 is 34.9 Å². The summed E-state index contributed by atoms with van der Waals surface area (Å²) < 4.78 is 15.5. The van der Waals surface area contributed by atoms with Crippen LogP contribution in [0.15, 0.2) is 16.5 Å². The van der Waals surface area contributed by atoms with Crippen molar-refractivity contribution in [2.75, 3.05) is 52.1 Å². The molecule has 5 N–H and O–H groups in total. The number of nitrogens with one attached hydrogen (secondary N) is 1. The Balaban J connectivity index is 1.71. The minimum atomic E-state index is -1.10. The van der Waals surface area contributed by atoms with Crippen molar-refractivity contribution in [3.05, 3.63) is 34.2 Å². The first-order valence-corrected chi connectivity index (χ1v) is 12.3. The molecule has 35 heavy (non-hydrogen) atoms. The fourth-order valence-electron chi connectivity index (χ4n) is 4.23. The summed E-state index contributed by atoms with van der Waals surface area (Å²) in [6.45, 7) is 5.14. The maximum atomic E-state index is 13.9. The lowest BCUT2D eigenvalue weighted by Crippen LogP contribution is -2.58. The number of carbonyl (C=O) groups excluding carboxylic acids is 3. The molecule has 0 saturated carbocycles. The van der Waals surface area contributed by atoms with E-state index in [4.69, 9.17) is 20.6 Å². The van der Waals surface area contributed by atoms with Gasteiger partial charge in [-0.05, 0) is 50.5 Å². The Morgan fingerprint density at radius 2 is 2.03 bits per heavy atom. The zero-order chi connectivity index (χ0) is 25.1. The summed E-state index contributed by atoms with van der Waals surface area (Å²) in [5, 5.41) is 6.13. The SMILES string of the molecule is Cc1ccc(C(C(=O)NCC2CCCO2)N(C(=O)c2snc(C(N)=O)c2N)N2CCN(C)CC2)o1. The Morgan fingerprint density at radius 3 is 2.60 bits per heavy atom. The predicted octanol–water partition coefficient (Wildman–Crippen LogP) is 0.367. The number of hydrazine groups is 1. The van der Waals surface area contributed by atoms with Crippen molar-refractivity contribution in [2.45, 2.75) is 31.9 Å². The van der Waals surface area contributed by atoms with Crippen LogP contribution in [-0.4, -0.2) is 89.5 Å². The lowest BCUT2D eigenvalue weighted by Gasteiger charge is -2.42. The van der Waals surface area contributed by atoms with Crippen LogP contribution in [0.25, 0.3) is 0 Å². The summed E-state index contributed by atoms with van der Waals surface area (Å²) in [5.41, 5.74) is 11.2. The Labute approximate surface area is 207 Å². The number of carbonyl (C=O) groups is 3. The standard InChI is InChI=1S/C22H31N7O5S/c1-13-5-6-15(34-13)18(21(31)25-12-14-4-3-11-33-14)29(28-9-7-27(2)8-10-28)22(32)19-16(23)17(20(24)30)26-35-19/h5-6,14,18H,3-4,7-12,23H2,1-2H3,(H2,24,30)(H,25,31). The third kappa shape index (κ3) is 5.48. The summed E-state index contributed by atoms with van der Waals surface area (Å²) in [6, 6.07) is 2.33. The van der Waals surface area contributed by atoms with E-state index in [2.05, 4.69) is 14.6 Å². The van der Waals surface area contributed by atoms with E-state index in [0.29, 0.717) is 50.9 Å². The van der Waals surface area contributed by atoms with E-state index < -0.39 is 23.8 Å². The monoisotopic (exact) mass is 505 g/mol. The summed E-state index contributed by atoms with van der Waals surface area (Å²) in [7, 11) is 1.99. The number of aromatic nitrogens is 1. The van der Waals surface area contributed by atoms with E-state index in [0.717, 1.165) is 24.4 Å². The molecule has 12 nitrogen and oxygen atoms in total. The van der Waals surface area contributed by atoms with Crippen molar-refractivity contribution < 1.29 is 23.5 Å². The molecule has 2 atom stereocenters. The Morgan fingerprint density at radius 1 is 1.29 bits per heavy atom. The molecule has 190 valence electrons. The van der Waals surface area contributed by atoms with E-state index in [1.54, 1.807) is 19.1 Å². The van der Waals surface area contributed by atoms with Gasteiger partial charge in [-0.1, -0.05) is 0 Å². The van der Waals surface area contributed by atoms with Crippen LogP contribution in [0, 0.1) is 6.92 Å². The number of amides is 3. The Hall–Kier alpha value is -3.00. The molecule has 2 saturated heterocycles. The number of hydrogen-bond donors (Lipinski definition) is 3. The minimum Gasteiger partial charge on any atom is -0.464 e. The number of nitrogens with zero attached hydrogens (tertiary/aromatic N) is 4. The maximum absolute atomic E-state index is 13.9. The zero-order valence-corrected chi connectivity index (χ0v) is 20.7. The first kappa shape index (κ1) is 25.1. The molecular formula is C22H31N7O5S. The molecule has 3 amide bonds. The number of hydrogen-bond acceptors (Lipinski definition) is 10. The number of likely N-dealkylation sites (N-methyl/N-ethyl adjacent to an activating group) is 1. The van der Waals surface area contributed by atoms with Crippen LogP contribution >= 0.6 is 11.5 Å². The summed E-state index contributed by atoms with van der Waals surface area (Å²) in [6.07, 6.45) is 1.74. The highest BCUT2D eigenvalue weighted by molar-refractivity contribution is 7.09. The molecule has 2 aliphatic rings. The van der Waals surface area contributed by atoms with E-state index in [9.17, 15) is 14.4 Å². The largest absolute Gasteiger partial charge is 0.464 e. The van der Waals surface area contributed by atoms with Gasteiger partial charge in [0.1, 0.15) is 16.4 Å². The lowest BCUT2D eigenvalue weighted by atomic mass is 10.1. The van der Waals surface area contributed by atoms with Gasteiger partial charge in [-0.3, -0.25) is 14.4 Å². The molecule has 2 aliphatic heterocycles. The van der Waals surface area contributed by atoms with Crippen LogP contribution in [0.5, 0.6) is 0 Å². The number of nitrogen functional groups attached to an aromatic ring is 1. The van der Waals surface area contributed by atoms with Crippen LogP contribution in [0.3, 0.4) is 0 Å². The van der Waals surface area contributed by atoms with Crippen LogP contribution in [0.1, 0.15) is 50.6 Å². The highest BCUT2D eigenvalue weighted by atomic mass is 32.1. The first-order chi connectivity index (χ1) is 16.8. The number of primary amides is 1. The van der Waals surface area contributed by atoms with Gasteiger partial charge >= 0.3 is 0 Å². The van der Waals surface area contributed by atoms with Crippen molar-refractivity contribution in [3.63, 3.8) is 0 Å². The quantitative estimate of drug-likeness (QED) is 0.460. The highest BCUT2D eigenvalue weighted by Gasteiger charge is 2.41. The van der Waals surface area contributed by atoms with Gasteiger partial charge in [0.15, 0.2) is 11.7 Å². The molecule has 0 radical (unpaired) electrons. The van der Waals surface area contributed by atoms with Gasteiger partial charge in [-0.2, -0.15) is 4.37 Å². The lowest BCUT2D eigenvalue weighted by molar-refractivity contribution is -0.136. The number of anilines is 1. The molecule has 4 rings (SSSR count). The molecule has 4 heterocycles. The molecule has 2 unspecified atom stereocenters. The summed E-state index contributed by atoms with van der Waals surface area (Å²) in [5.74, 6) is -0.853. The number of furan rings is 1. The molecular weight excluding hydrogens is 474 g/mol. The molecule has 0 bridgehead atoms. The average molecular weight is 506 g/mol. The van der Waals surface area contributed by atoms with Crippen LogP contribution < -0.4 is 16.8 Å². The maximum Gasteiger partial charge on any atom is 0.283 e. The topological polar surface area (TPSA) is 160 Å². The van der Waals surface area contributed by atoms with E-state index in [1.807, 2.05) is 12.1 Å². The van der Waals surface area contributed by atoms with Crippen molar-refractivity contribution in [1.82, 2.24) is 24.6 Å². The second kappa shape index (κ2) is 10.7.